The van der Waals surface area contributed by atoms with E-state index in [1.807, 2.05) is 0 Å². The molecule has 1 fully saturated rings. The first-order valence-corrected chi connectivity index (χ1v) is 9.99. The number of methoxy groups -OCH3 is 1. The number of hydrogen-bond acceptors (Lipinski definition) is 2. The Balaban J connectivity index is 2.06. The van der Waals surface area contributed by atoms with E-state index in [0.717, 1.165) is 18.3 Å². The minimum atomic E-state index is -0.107. The zero-order valence-corrected chi connectivity index (χ0v) is 15.5. The van der Waals surface area contributed by atoms with Gasteiger partial charge in [0.2, 0.25) is 0 Å². The number of carbonyl (C=O) groups is 1. The summed E-state index contributed by atoms with van der Waals surface area (Å²) in [6.07, 6.45) is 22.6. The van der Waals surface area contributed by atoms with E-state index in [2.05, 4.69) is 23.8 Å². The maximum atomic E-state index is 11.0. The molecule has 1 saturated carbocycles. The predicted molar refractivity (Wildman–Crippen MR) is 98.4 cm³/mol. The van der Waals surface area contributed by atoms with Crippen molar-refractivity contribution in [1.82, 2.24) is 0 Å². The number of allylic oxidation sites excluding steroid dienone is 2. The van der Waals surface area contributed by atoms with E-state index in [1.54, 1.807) is 0 Å². The van der Waals surface area contributed by atoms with E-state index in [1.165, 1.54) is 84.2 Å². The molecule has 134 valence electrons. The lowest BCUT2D eigenvalue weighted by molar-refractivity contribution is -0.140. The summed E-state index contributed by atoms with van der Waals surface area (Å²) in [7, 11) is 1.45. The lowest BCUT2D eigenvalue weighted by Crippen LogP contribution is -2.07. The van der Waals surface area contributed by atoms with Crippen LogP contribution in [0.5, 0.6) is 0 Å². The van der Waals surface area contributed by atoms with Gasteiger partial charge in [-0.2, -0.15) is 0 Å². The standard InChI is InChI=1S/C21H38O2/c1-3-4-5-6-7-10-14-19-16-13-17-20(19)15-11-8-9-12-18-21(22)23-2/h8-9,19-20H,3-7,10-18H2,1-2H3/t19-,20-/m0/s1. The van der Waals surface area contributed by atoms with Crippen molar-refractivity contribution >= 4 is 5.97 Å². The molecule has 0 radical (unpaired) electrons. The molecular weight excluding hydrogens is 284 g/mol. The van der Waals surface area contributed by atoms with Crippen LogP contribution < -0.4 is 0 Å². The molecule has 1 rings (SSSR count). The number of esters is 1. The molecular formula is C21H38O2. The van der Waals surface area contributed by atoms with Crippen molar-refractivity contribution in [3.63, 3.8) is 0 Å². The third-order valence-corrected chi connectivity index (χ3v) is 5.36. The molecule has 0 heterocycles. The highest BCUT2D eigenvalue weighted by atomic mass is 16.5. The molecule has 1 aliphatic rings. The van der Waals surface area contributed by atoms with Gasteiger partial charge in [-0.05, 0) is 31.1 Å². The molecule has 23 heavy (non-hydrogen) atoms. The molecule has 2 nitrogen and oxygen atoms in total. The molecule has 0 aromatic heterocycles. The van der Waals surface area contributed by atoms with Crippen LogP contribution in [0.15, 0.2) is 12.2 Å². The number of carbonyl (C=O) groups excluding carboxylic acids is 1. The molecule has 0 bridgehead atoms. The fraction of sp³-hybridized carbons (Fsp3) is 0.857. The molecule has 0 saturated heterocycles. The quantitative estimate of drug-likeness (QED) is 0.221. The first-order chi connectivity index (χ1) is 11.3. The van der Waals surface area contributed by atoms with Crippen LogP contribution in [0, 0.1) is 11.8 Å². The van der Waals surface area contributed by atoms with Gasteiger partial charge in [-0.25, -0.2) is 0 Å². The monoisotopic (exact) mass is 322 g/mol. The maximum absolute atomic E-state index is 11.0. The molecule has 0 aromatic carbocycles. The van der Waals surface area contributed by atoms with Gasteiger partial charge in [0.25, 0.3) is 0 Å². The molecule has 0 aliphatic heterocycles. The average Bonchev–Trinajstić information content (AvgIpc) is 3.01. The first kappa shape index (κ1) is 20.3. The van der Waals surface area contributed by atoms with E-state index in [-0.39, 0.29) is 5.97 Å². The fourth-order valence-corrected chi connectivity index (χ4v) is 3.91. The fourth-order valence-electron chi connectivity index (χ4n) is 3.91. The Kier molecular flexibility index (Phi) is 12.0. The summed E-state index contributed by atoms with van der Waals surface area (Å²) >= 11 is 0. The minimum absolute atomic E-state index is 0.107. The van der Waals surface area contributed by atoms with Crippen molar-refractivity contribution in [3.8, 4) is 0 Å². The van der Waals surface area contributed by atoms with E-state index >= 15 is 0 Å². The van der Waals surface area contributed by atoms with Gasteiger partial charge in [0.1, 0.15) is 0 Å². The van der Waals surface area contributed by atoms with Gasteiger partial charge >= 0.3 is 5.97 Å². The lowest BCUT2D eigenvalue weighted by Gasteiger charge is -2.18. The number of unbranched alkanes of at least 4 members (excludes halogenated alkanes) is 5. The molecule has 0 spiro atoms. The average molecular weight is 323 g/mol. The van der Waals surface area contributed by atoms with Gasteiger partial charge in [0, 0.05) is 6.42 Å². The highest BCUT2D eigenvalue weighted by molar-refractivity contribution is 5.69. The van der Waals surface area contributed by atoms with E-state index in [0.29, 0.717) is 6.42 Å². The van der Waals surface area contributed by atoms with Crippen molar-refractivity contribution in [2.45, 2.75) is 96.8 Å². The van der Waals surface area contributed by atoms with Crippen LogP contribution >= 0.6 is 0 Å². The van der Waals surface area contributed by atoms with Crippen molar-refractivity contribution < 1.29 is 9.53 Å². The van der Waals surface area contributed by atoms with Crippen LogP contribution in [0.2, 0.25) is 0 Å². The molecule has 0 amide bonds. The molecule has 2 heteroatoms. The van der Waals surface area contributed by atoms with Gasteiger partial charge in [-0.15, -0.1) is 0 Å². The Morgan fingerprint density at radius 1 is 0.957 bits per heavy atom. The van der Waals surface area contributed by atoms with Crippen LogP contribution in [0.25, 0.3) is 0 Å². The number of ether oxygens (including phenoxy) is 1. The Morgan fingerprint density at radius 3 is 2.35 bits per heavy atom. The third kappa shape index (κ3) is 9.84. The Hall–Kier alpha value is -0.790. The summed E-state index contributed by atoms with van der Waals surface area (Å²) in [6, 6.07) is 0. The maximum Gasteiger partial charge on any atom is 0.305 e. The Labute approximate surface area is 144 Å². The van der Waals surface area contributed by atoms with Crippen LogP contribution in [0.1, 0.15) is 96.8 Å². The smallest absolute Gasteiger partial charge is 0.305 e. The van der Waals surface area contributed by atoms with Crippen molar-refractivity contribution in [1.29, 1.82) is 0 Å². The summed E-state index contributed by atoms with van der Waals surface area (Å²) < 4.78 is 4.65. The van der Waals surface area contributed by atoms with Crippen molar-refractivity contribution in [2.75, 3.05) is 7.11 Å². The minimum Gasteiger partial charge on any atom is -0.469 e. The Morgan fingerprint density at radius 2 is 1.61 bits per heavy atom. The third-order valence-electron chi connectivity index (χ3n) is 5.36. The second-order valence-electron chi connectivity index (χ2n) is 7.17. The van der Waals surface area contributed by atoms with E-state index < -0.39 is 0 Å². The highest BCUT2D eigenvalue weighted by Crippen LogP contribution is 2.38. The van der Waals surface area contributed by atoms with Crippen LogP contribution in [-0.2, 0) is 9.53 Å². The first-order valence-electron chi connectivity index (χ1n) is 9.99. The van der Waals surface area contributed by atoms with Crippen molar-refractivity contribution in [2.24, 2.45) is 11.8 Å². The highest BCUT2D eigenvalue weighted by Gasteiger charge is 2.25. The Bertz CT molecular complexity index is 322. The lowest BCUT2D eigenvalue weighted by atomic mass is 9.87. The number of rotatable bonds is 13. The second kappa shape index (κ2) is 13.6. The second-order valence-corrected chi connectivity index (χ2v) is 7.17. The number of hydrogen-bond donors (Lipinski definition) is 0. The zero-order valence-electron chi connectivity index (χ0n) is 15.5. The SMILES string of the molecule is CCCCCCCC[C@H]1CCC[C@@H]1CCC=CCCC(=O)OC. The molecule has 0 aromatic rings. The molecule has 0 unspecified atom stereocenters. The van der Waals surface area contributed by atoms with E-state index in [4.69, 9.17) is 0 Å². The van der Waals surface area contributed by atoms with Gasteiger partial charge in [-0.1, -0.05) is 83.3 Å². The predicted octanol–water partition coefficient (Wildman–Crippen LogP) is 6.44. The van der Waals surface area contributed by atoms with Gasteiger partial charge < -0.3 is 4.74 Å². The van der Waals surface area contributed by atoms with E-state index in [9.17, 15) is 4.79 Å². The van der Waals surface area contributed by atoms with Crippen molar-refractivity contribution in [3.05, 3.63) is 12.2 Å². The topological polar surface area (TPSA) is 26.3 Å². The zero-order chi connectivity index (χ0) is 16.8. The summed E-state index contributed by atoms with van der Waals surface area (Å²) in [4.78, 5) is 11.0. The summed E-state index contributed by atoms with van der Waals surface area (Å²) in [5.74, 6) is 1.84. The molecule has 1 aliphatic carbocycles. The largest absolute Gasteiger partial charge is 0.469 e. The van der Waals surface area contributed by atoms with Gasteiger partial charge in [0.05, 0.1) is 7.11 Å². The summed E-state index contributed by atoms with van der Waals surface area (Å²) in [5.41, 5.74) is 0. The van der Waals surface area contributed by atoms with Gasteiger partial charge in [-0.3, -0.25) is 4.79 Å². The molecule has 0 N–H and O–H groups in total. The van der Waals surface area contributed by atoms with Crippen LogP contribution in [0.3, 0.4) is 0 Å². The van der Waals surface area contributed by atoms with Gasteiger partial charge in [0.15, 0.2) is 0 Å². The summed E-state index contributed by atoms with van der Waals surface area (Å²) in [6.45, 7) is 2.28. The summed E-state index contributed by atoms with van der Waals surface area (Å²) in [5, 5.41) is 0. The molecule has 2 atom stereocenters. The van der Waals surface area contributed by atoms with Crippen LogP contribution in [0.4, 0.5) is 0 Å². The normalized spacial score (nSPS) is 21.1. The van der Waals surface area contributed by atoms with Crippen LogP contribution in [-0.4, -0.2) is 13.1 Å².